The number of rotatable bonds is 6. The molecular weight excluding hydrogens is 288 g/mol. The molecule has 0 unspecified atom stereocenters. The van der Waals surface area contributed by atoms with Crippen LogP contribution in [0.25, 0.3) is 0 Å². The Morgan fingerprint density at radius 3 is 2.43 bits per heavy atom. The summed E-state index contributed by atoms with van der Waals surface area (Å²) in [4.78, 5) is 16.2. The van der Waals surface area contributed by atoms with Gasteiger partial charge in [0, 0.05) is 13.1 Å². The van der Waals surface area contributed by atoms with Gasteiger partial charge in [-0.05, 0) is 36.1 Å². The molecule has 4 heteroatoms. The van der Waals surface area contributed by atoms with Crippen LogP contribution in [-0.4, -0.2) is 40.6 Å². The number of phenols is 1. The third kappa shape index (κ3) is 4.33. The molecule has 1 aliphatic rings. The zero-order chi connectivity index (χ0) is 16.1. The van der Waals surface area contributed by atoms with Crippen LogP contribution in [0.4, 0.5) is 0 Å². The zero-order valence-electron chi connectivity index (χ0n) is 13.2. The highest BCUT2D eigenvalue weighted by Crippen LogP contribution is 2.15. The molecule has 1 fully saturated rings. The Morgan fingerprint density at radius 2 is 1.70 bits per heavy atom. The number of phenolic OH excluding ortho intramolecular Hbond substituents is 1. The molecule has 0 bridgehead atoms. The molecule has 2 aromatic rings. The predicted octanol–water partition coefficient (Wildman–Crippen LogP) is 2.63. The van der Waals surface area contributed by atoms with Crippen molar-refractivity contribution in [1.29, 1.82) is 0 Å². The van der Waals surface area contributed by atoms with Gasteiger partial charge in [-0.2, -0.15) is 0 Å². The minimum Gasteiger partial charge on any atom is -0.508 e. The summed E-state index contributed by atoms with van der Waals surface area (Å²) in [6.07, 6.45) is 2.10. The summed E-state index contributed by atoms with van der Waals surface area (Å²) in [5.74, 6) is 0.432. The van der Waals surface area contributed by atoms with Crippen LogP contribution in [0, 0.1) is 0 Å². The highest BCUT2D eigenvalue weighted by Gasteiger charge is 2.26. The van der Waals surface area contributed by atoms with Crippen LogP contribution >= 0.6 is 0 Å². The predicted molar refractivity (Wildman–Crippen MR) is 89.9 cm³/mol. The van der Waals surface area contributed by atoms with Gasteiger partial charge in [0.2, 0.25) is 5.91 Å². The van der Waals surface area contributed by atoms with Crippen molar-refractivity contribution in [3.63, 3.8) is 0 Å². The third-order valence-electron chi connectivity index (χ3n) is 4.17. The molecule has 1 N–H and O–H groups in total. The summed E-state index contributed by atoms with van der Waals surface area (Å²) < 4.78 is 0. The molecule has 1 saturated heterocycles. The van der Waals surface area contributed by atoms with Gasteiger partial charge in [-0.3, -0.25) is 9.69 Å². The molecular formula is C19H22N2O2. The first-order valence-electron chi connectivity index (χ1n) is 8.03. The van der Waals surface area contributed by atoms with Crippen molar-refractivity contribution >= 4 is 5.91 Å². The smallest absolute Gasteiger partial charge is 0.238 e. The number of amides is 1. The number of hydrogen-bond donors (Lipinski definition) is 1. The van der Waals surface area contributed by atoms with Gasteiger partial charge in [0.15, 0.2) is 0 Å². The number of carbonyl (C=O) groups excluding carboxylic acids is 1. The van der Waals surface area contributed by atoms with Crippen molar-refractivity contribution in [2.24, 2.45) is 0 Å². The Labute approximate surface area is 137 Å². The fraction of sp³-hybridized carbons (Fsp3) is 0.316. The highest BCUT2D eigenvalue weighted by atomic mass is 16.3. The summed E-state index contributed by atoms with van der Waals surface area (Å²) in [5, 5.41) is 9.31. The average Bonchev–Trinajstić information content (AvgIpc) is 2.90. The van der Waals surface area contributed by atoms with Crippen molar-refractivity contribution in [2.45, 2.75) is 19.4 Å². The second-order valence-corrected chi connectivity index (χ2v) is 6.04. The van der Waals surface area contributed by atoms with E-state index in [-0.39, 0.29) is 11.7 Å². The minimum atomic E-state index is 0.179. The largest absolute Gasteiger partial charge is 0.508 e. The number of aromatic hydroxyl groups is 1. The molecule has 0 spiro atoms. The Balaban J connectivity index is 1.46. The minimum absolute atomic E-state index is 0.179. The number of aryl methyl sites for hydroxylation is 1. The second kappa shape index (κ2) is 7.29. The van der Waals surface area contributed by atoms with Crippen LogP contribution < -0.4 is 0 Å². The van der Waals surface area contributed by atoms with Crippen molar-refractivity contribution in [1.82, 2.24) is 9.80 Å². The third-order valence-corrected chi connectivity index (χ3v) is 4.17. The molecule has 120 valence electrons. The molecule has 1 heterocycles. The topological polar surface area (TPSA) is 43.8 Å². The summed E-state index contributed by atoms with van der Waals surface area (Å²) in [5.41, 5.74) is 2.39. The first kappa shape index (κ1) is 15.6. The van der Waals surface area contributed by atoms with Crippen LogP contribution in [0.1, 0.15) is 17.5 Å². The molecule has 0 radical (unpaired) electrons. The molecule has 1 amide bonds. The summed E-state index contributed by atoms with van der Waals surface area (Å²) >= 11 is 0. The zero-order valence-corrected chi connectivity index (χ0v) is 13.2. The van der Waals surface area contributed by atoms with Gasteiger partial charge in [-0.1, -0.05) is 42.5 Å². The van der Waals surface area contributed by atoms with E-state index in [9.17, 15) is 9.90 Å². The number of benzene rings is 2. The number of carbonyl (C=O) groups is 1. The molecule has 4 nitrogen and oxygen atoms in total. The Hall–Kier alpha value is -2.33. The maximum absolute atomic E-state index is 12.1. The molecule has 0 aromatic heterocycles. The summed E-state index contributed by atoms with van der Waals surface area (Å²) in [6.45, 7) is 2.74. The van der Waals surface area contributed by atoms with E-state index in [4.69, 9.17) is 0 Å². The van der Waals surface area contributed by atoms with Gasteiger partial charge < -0.3 is 10.0 Å². The maximum Gasteiger partial charge on any atom is 0.238 e. The molecule has 3 rings (SSSR count). The number of nitrogens with zero attached hydrogens (tertiary/aromatic N) is 2. The van der Waals surface area contributed by atoms with Crippen molar-refractivity contribution in [3.05, 3.63) is 65.7 Å². The van der Waals surface area contributed by atoms with E-state index < -0.39 is 0 Å². The van der Waals surface area contributed by atoms with Gasteiger partial charge in [0.1, 0.15) is 5.75 Å². The number of hydrogen-bond acceptors (Lipinski definition) is 3. The first-order valence-corrected chi connectivity index (χ1v) is 8.03. The lowest BCUT2D eigenvalue weighted by atomic mass is 10.1. The Kier molecular flexibility index (Phi) is 4.93. The second-order valence-electron chi connectivity index (χ2n) is 6.04. The molecule has 0 atom stereocenters. The van der Waals surface area contributed by atoms with Crippen molar-refractivity contribution in [2.75, 3.05) is 19.8 Å². The molecule has 23 heavy (non-hydrogen) atoms. The molecule has 1 aliphatic heterocycles. The molecule has 0 aliphatic carbocycles. The van der Waals surface area contributed by atoms with Crippen LogP contribution in [0.2, 0.25) is 0 Å². The fourth-order valence-corrected chi connectivity index (χ4v) is 2.92. The van der Waals surface area contributed by atoms with Gasteiger partial charge in [0.25, 0.3) is 0 Å². The average molecular weight is 310 g/mol. The van der Waals surface area contributed by atoms with E-state index in [1.165, 1.54) is 5.56 Å². The van der Waals surface area contributed by atoms with Gasteiger partial charge >= 0.3 is 0 Å². The molecule has 0 saturated carbocycles. The van der Waals surface area contributed by atoms with E-state index in [0.29, 0.717) is 19.8 Å². The monoisotopic (exact) mass is 310 g/mol. The lowest BCUT2D eigenvalue weighted by Gasteiger charge is -2.18. The van der Waals surface area contributed by atoms with Gasteiger partial charge in [-0.25, -0.2) is 0 Å². The SMILES string of the molecule is O=C1CN(CCCc2ccccc2)CN1Cc1ccc(O)cc1. The normalized spacial score (nSPS) is 15.3. The lowest BCUT2D eigenvalue weighted by molar-refractivity contribution is -0.127. The summed E-state index contributed by atoms with van der Waals surface area (Å²) in [6, 6.07) is 17.5. The fourth-order valence-electron chi connectivity index (χ4n) is 2.92. The van der Waals surface area contributed by atoms with E-state index in [1.54, 1.807) is 12.1 Å². The van der Waals surface area contributed by atoms with Crippen molar-refractivity contribution < 1.29 is 9.90 Å². The Morgan fingerprint density at radius 1 is 0.957 bits per heavy atom. The molecule has 2 aromatic carbocycles. The summed E-state index contributed by atoms with van der Waals surface area (Å²) in [7, 11) is 0. The standard InChI is InChI=1S/C19H22N2O2/c22-18-10-8-17(9-11-18)13-21-15-20(14-19(21)23)12-4-7-16-5-2-1-3-6-16/h1-3,5-6,8-11,22H,4,7,12-15H2. The van der Waals surface area contributed by atoms with Crippen LogP contribution in [-0.2, 0) is 17.8 Å². The van der Waals surface area contributed by atoms with Crippen LogP contribution in [0.3, 0.4) is 0 Å². The van der Waals surface area contributed by atoms with Crippen LogP contribution in [0.5, 0.6) is 5.75 Å². The van der Waals surface area contributed by atoms with E-state index in [0.717, 1.165) is 24.9 Å². The van der Waals surface area contributed by atoms with Gasteiger partial charge in [0.05, 0.1) is 13.2 Å². The van der Waals surface area contributed by atoms with Crippen LogP contribution in [0.15, 0.2) is 54.6 Å². The van der Waals surface area contributed by atoms with Gasteiger partial charge in [-0.15, -0.1) is 0 Å². The highest BCUT2D eigenvalue weighted by molar-refractivity contribution is 5.80. The maximum atomic E-state index is 12.1. The van der Waals surface area contributed by atoms with Crippen molar-refractivity contribution in [3.8, 4) is 5.75 Å². The van der Waals surface area contributed by atoms with E-state index in [1.807, 2.05) is 23.1 Å². The Bertz CT molecular complexity index is 640. The lowest BCUT2D eigenvalue weighted by Crippen LogP contribution is -2.27. The van der Waals surface area contributed by atoms with E-state index >= 15 is 0 Å². The first-order chi connectivity index (χ1) is 11.2. The van der Waals surface area contributed by atoms with E-state index in [2.05, 4.69) is 29.2 Å². The quantitative estimate of drug-likeness (QED) is 0.892.